The monoisotopic (exact) mass is 275 g/mol. The summed E-state index contributed by atoms with van der Waals surface area (Å²) in [4.78, 5) is 16.2. The highest BCUT2D eigenvalue weighted by Gasteiger charge is 2.15. The standard InChI is InChI=1S/C16H25N3O/c1-2-10-17-15-8-7-14(12-19-15)16(20)18-11-9-13-5-3-4-6-13/h7-8,12-13H,2-6,9-11H2,1H3,(H,17,19)(H,18,20). The predicted octanol–water partition coefficient (Wildman–Crippen LogP) is 3.21. The molecule has 1 heterocycles. The van der Waals surface area contributed by atoms with Crippen LogP contribution in [0.2, 0.25) is 0 Å². The third-order valence-corrected chi connectivity index (χ3v) is 3.89. The van der Waals surface area contributed by atoms with Gasteiger partial charge in [-0.25, -0.2) is 4.98 Å². The number of pyridine rings is 1. The molecule has 0 aromatic carbocycles. The number of nitrogens with one attached hydrogen (secondary N) is 2. The van der Waals surface area contributed by atoms with E-state index in [-0.39, 0.29) is 5.91 Å². The molecule has 2 N–H and O–H groups in total. The minimum atomic E-state index is -0.0162. The van der Waals surface area contributed by atoms with Crippen molar-refractivity contribution in [3.63, 3.8) is 0 Å². The van der Waals surface area contributed by atoms with Crippen molar-refractivity contribution in [2.75, 3.05) is 18.4 Å². The van der Waals surface area contributed by atoms with Gasteiger partial charge in [0.15, 0.2) is 0 Å². The Morgan fingerprint density at radius 3 is 2.75 bits per heavy atom. The van der Waals surface area contributed by atoms with E-state index < -0.39 is 0 Å². The molecule has 0 bridgehead atoms. The number of nitrogens with zero attached hydrogens (tertiary/aromatic N) is 1. The maximum Gasteiger partial charge on any atom is 0.252 e. The topological polar surface area (TPSA) is 54.0 Å². The van der Waals surface area contributed by atoms with E-state index in [9.17, 15) is 4.79 Å². The number of carbonyl (C=O) groups is 1. The molecule has 1 amide bonds. The Hall–Kier alpha value is -1.58. The smallest absolute Gasteiger partial charge is 0.252 e. The zero-order chi connectivity index (χ0) is 14.2. The number of amides is 1. The lowest BCUT2D eigenvalue weighted by Gasteiger charge is -2.10. The molecule has 1 aromatic heterocycles. The molecule has 2 rings (SSSR count). The van der Waals surface area contributed by atoms with Crippen LogP contribution in [-0.2, 0) is 0 Å². The van der Waals surface area contributed by atoms with Gasteiger partial charge in [0.25, 0.3) is 5.91 Å². The number of aromatic nitrogens is 1. The Labute approximate surface area is 121 Å². The van der Waals surface area contributed by atoms with E-state index in [1.54, 1.807) is 6.20 Å². The minimum absolute atomic E-state index is 0.0162. The van der Waals surface area contributed by atoms with Gasteiger partial charge in [0, 0.05) is 19.3 Å². The van der Waals surface area contributed by atoms with E-state index >= 15 is 0 Å². The summed E-state index contributed by atoms with van der Waals surface area (Å²) in [6.45, 7) is 3.79. The fourth-order valence-corrected chi connectivity index (χ4v) is 2.68. The normalized spacial score (nSPS) is 15.2. The zero-order valence-corrected chi connectivity index (χ0v) is 12.3. The van der Waals surface area contributed by atoms with Gasteiger partial charge in [0.1, 0.15) is 5.82 Å². The molecule has 4 nitrogen and oxygen atoms in total. The molecule has 4 heteroatoms. The Kier molecular flexibility index (Phi) is 5.84. The first-order valence-electron chi connectivity index (χ1n) is 7.77. The Balaban J connectivity index is 1.73. The average Bonchev–Trinajstić information content (AvgIpc) is 2.99. The van der Waals surface area contributed by atoms with Crippen molar-refractivity contribution in [2.24, 2.45) is 5.92 Å². The van der Waals surface area contributed by atoms with E-state index in [1.165, 1.54) is 25.7 Å². The summed E-state index contributed by atoms with van der Waals surface area (Å²) in [7, 11) is 0. The van der Waals surface area contributed by atoms with Crippen LogP contribution >= 0.6 is 0 Å². The van der Waals surface area contributed by atoms with Crippen molar-refractivity contribution < 1.29 is 4.79 Å². The third kappa shape index (κ3) is 4.51. The van der Waals surface area contributed by atoms with E-state index in [0.717, 1.165) is 37.7 Å². The Morgan fingerprint density at radius 2 is 2.10 bits per heavy atom. The maximum atomic E-state index is 12.0. The second-order valence-electron chi connectivity index (χ2n) is 5.55. The summed E-state index contributed by atoms with van der Waals surface area (Å²) in [5.41, 5.74) is 0.637. The molecule has 110 valence electrons. The van der Waals surface area contributed by atoms with E-state index in [1.807, 2.05) is 12.1 Å². The van der Waals surface area contributed by atoms with Gasteiger partial charge in [0.05, 0.1) is 5.56 Å². The van der Waals surface area contributed by atoms with Crippen molar-refractivity contribution in [2.45, 2.75) is 45.4 Å². The van der Waals surface area contributed by atoms with Crippen molar-refractivity contribution in [3.05, 3.63) is 23.9 Å². The molecule has 1 aliphatic carbocycles. The van der Waals surface area contributed by atoms with Crippen LogP contribution in [0, 0.1) is 5.92 Å². The first-order valence-corrected chi connectivity index (χ1v) is 7.77. The number of anilines is 1. The van der Waals surface area contributed by atoms with Gasteiger partial charge < -0.3 is 10.6 Å². The van der Waals surface area contributed by atoms with Crippen LogP contribution < -0.4 is 10.6 Å². The molecule has 1 saturated carbocycles. The van der Waals surface area contributed by atoms with Gasteiger partial charge in [-0.3, -0.25) is 4.79 Å². The second-order valence-corrected chi connectivity index (χ2v) is 5.55. The molecular formula is C16H25N3O. The van der Waals surface area contributed by atoms with Crippen molar-refractivity contribution in [3.8, 4) is 0 Å². The lowest BCUT2D eigenvalue weighted by atomic mass is 10.0. The fourth-order valence-electron chi connectivity index (χ4n) is 2.68. The lowest BCUT2D eigenvalue weighted by Crippen LogP contribution is -2.25. The van der Waals surface area contributed by atoms with Crippen LogP contribution in [0.15, 0.2) is 18.3 Å². The third-order valence-electron chi connectivity index (χ3n) is 3.89. The SMILES string of the molecule is CCCNc1ccc(C(=O)NCCC2CCCC2)cn1. The molecule has 0 radical (unpaired) electrons. The largest absolute Gasteiger partial charge is 0.370 e. The average molecular weight is 275 g/mol. The highest BCUT2D eigenvalue weighted by molar-refractivity contribution is 5.94. The fraction of sp³-hybridized carbons (Fsp3) is 0.625. The first-order chi connectivity index (χ1) is 9.79. The molecule has 0 unspecified atom stereocenters. The van der Waals surface area contributed by atoms with Gasteiger partial charge in [-0.2, -0.15) is 0 Å². The van der Waals surface area contributed by atoms with Crippen LogP contribution in [0.1, 0.15) is 55.8 Å². The van der Waals surface area contributed by atoms with Gasteiger partial charge in [-0.1, -0.05) is 32.6 Å². The number of hydrogen-bond donors (Lipinski definition) is 2. The number of rotatable bonds is 7. The highest BCUT2D eigenvalue weighted by atomic mass is 16.1. The molecule has 0 saturated heterocycles. The molecule has 1 aliphatic rings. The van der Waals surface area contributed by atoms with Gasteiger partial charge in [-0.05, 0) is 30.9 Å². The van der Waals surface area contributed by atoms with Gasteiger partial charge >= 0.3 is 0 Å². The molecule has 1 fully saturated rings. The van der Waals surface area contributed by atoms with E-state index in [0.29, 0.717) is 5.56 Å². The molecule has 0 aliphatic heterocycles. The number of carbonyl (C=O) groups excluding carboxylic acids is 1. The van der Waals surface area contributed by atoms with Crippen LogP contribution in [0.3, 0.4) is 0 Å². The highest BCUT2D eigenvalue weighted by Crippen LogP contribution is 2.26. The Bertz CT molecular complexity index is 410. The summed E-state index contributed by atoms with van der Waals surface area (Å²) >= 11 is 0. The molecule has 0 spiro atoms. The second kappa shape index (κ2) is 7.88. The molecule has 0 atom stereocenters. The quantitative estimate of drug-likeness (QED) is 0.803. The minimum Gasteiger partial charge on any atom is -0.370 e. The van der Waals surface area contributed by atoms with Crippen molar-refractivity contribution in [1.29, 1.82) is 0 Å². The summed E-state index contributed by atoms with van der Waals surface area (Å²) in [5, 5.41) is 6.19. The molecule has 20 heavy (non-hydrogen) atoms. The van der Waals surface area contributed by atoms with Crippen LogP contribution in [0.4, 0.5) is 5.82 Å². The summed E-state index contributed by atoms with van der Waals surface area (Å²) < 4.78 is 0. The lowest BCUT2D eigenvalue weighted by molar-refractivity contribution is 0.0951. The summed E-state index contributed by atoms with van der Waals surface area (Å²) in [6.07, 6.45) is 9.18. The van der Waals surface area contributed by atoms with E-state index in [4.69, 9.17) is 0 Å². The summed E-state index contributed by atoms with van der Waals surface area (Å²) in [5.74, 6) is 1.63. The van der Waals surface area contributed by atoms with Gasteiger partial charge in [-0.15, -0.1) is 0 Å². The Morgan fingerprint density at radius 1 is 1.30 bits per heavy atom. The van der Waals surface area contributed by atoms with Crippen molar-refractivity contribution in [1.82, 2.24) is 10.3 Å². The first kappa shape index (κ1) is 14.8. The summed E-state index contributed by atoms with van der Waals surface area (Å²) in [6, 6.07) is 3.69. The molecular weight excluding hydrogens is 250 g/mol. The van der Waals surface area contributed by atoms with Crippen LogP contribution in [-0.4, -0.2) is 24.0 Å². The van der Waals surface area contributed by atoms with Crippen LogP contribution in [0.25, 0.3) is 0 Å². The van der Waals surface area contributed by atoms with Gasteiger partial charge in [0.2, 0.25) is 0 Å². The predicted molar refractivity (Wildman–Crippen MR) is 81.9 cm³/mol. The molecule has 1 aromatic rings. The zero-order valence-electron chi connectivity index (χ0n) is 12.3. The van der Waals surface area contributed by atoms with Crippen molar-refractivity contribution >= 4 is 11.7 Å². The maximum absolute atomic E-state index is 12.0. The van der Waals surface area contributed by atoms with Crippen LogP contribution in [0.5, 0.6) is 0 Å². The van der Waals surface area contributed by atoms with E-state index in [2.05, 4.69) is 22.5 Å². The number of hydrogen-bond acceptors (Lipinski definition) is 3.